The third-order valence-electron chi connectivity index (χ3n) is 4.75. The molecule has 1 aromatic carbocycles. The molecule has 1 aromatic heterocycles. The van der Waals surface area contributed by atoms with Crippen LogP contribution in [0.5, 0.6) is 5.75 Å². The van der Waals surface area contributed by atoms with Crippen molar-refractivity contribution in [3.05, 3.63) is 86.6 Å². The molecule has 7 heteroatoms. The van der Waals surface area contributed by atoms with E-state index in [0.717, 1.165) is 11.3 Å². The molecule has 166 valence electrons. The number of hydrogen-bond donors (Lipinski definition) is 1. The molecule has 3 rings (SSSR count). The fraction of sp³-hybridized carbons (Fsp3) is 0.333. The number of halogens is 2. The quantitative estimate of drug-likeness (QED) is 0.655. The summed E-state index contributed by atoms with van der Waals surface area (Å²) < 4.78 is 20.1. The van der Waals surface area contributed by atoms with Crippen LogP contribution in [0, 0.1) is 11.2 Å². The zero-order chi connectivity index (χ0) is 23.2. The zero-order valence-corrected chi connectivity index (χ0v) is 19.5. The Bertz CT molecular complexity index is 1080. The summed E-state index contributed by atoms with van der Waals surface area (Å²) in [6.45, 7) is 10.4. The minimum absolute atomic E-state index is 0.00597. The highest BCUT2D eigenvalue weighted by Gasteiger charge is 2.23. The number of nitrogens with zero attached hydrogens (tertiary/aromatic N) is 2. The summed E-state index contributed by atoms with van der Waals surface area (Å²) in [5, 5.41) is 3.25. The number of methoxy groups -OCH3 is 1. The fourth-order valence-electron chi connectivity index (χ4n) is 3.03. The van der Waals surface area contributed by atoms with Crippen LogP contribution in [0.4, 0.5) is 4.39 Å². The number of ether oxygens (including phenoxy) is 1. The Morgan fingerprint density at radius 1 is 1.35 bits per heavy atom. The normalized spacial score (nSPS) is 16.0. The molecule has 1 N–H and O–H groups in total. The smallest absolute Gasteiger partial charge is 0.296 e. The highest BCUT2D eigenvalue weighted by Crippen LogP contribution is 2.31. The molecule has 0 spiro atoms. The first-order valence-corrected chi connectivity index (χ1v) is 10.5. The Labute approximate surface area is 187 Å². The predicted octanol–water partition coefficient (Wildman–Crippen LogP) is 5.55. The van der Waals surface area contributed by atoms with Gasteiger partial charge < -0.3 is 10.1 Å². The largest absolute Gasteiger partial charge is 0.490 e. The van der Waals surface area contributed by atoms with Crippen LogP contribution in [0.15, 0.2) is 58.8 Å². The molecule has 2 heterocycles. The van der Waals surface area contributed by atoms with Gasteiger partial charge in [-0.1, -0.05) is 51.4 Å². The van der Waals surface area contributed by atoms with Crippen LogP contribution in [0.2, 0.25) is 5.02 Å². The Balaban J connectivity index is 0.00000166. The molecular weight excluding hydrogens is 417 g/mol. The van der Waals surface area contributed by atoms with E-state index in [1.54, 1.807) is 6.07 Å². The van der Waals surface area contributed by atoms with Crippen LogP contribution in [0.1, 0.15) is 46.0 Å². The summed E-state index contributed by atoms with van der Waals surface area (Å²) in [4.78, 5) is 17.2. The highest BCUT2D eigenvalue weighted by molar-refractivity contribution is 6.30. The van der Waals surface area contributed by atoms with Crippen molar-refractivity contribution in [1.82, 2.24) is 14.9 Å². The van der Waals surface area contributed by atoms with Crippen molar-refractivity contribution in [2.45, 2.75) is 41.2 Å². The fourth-order valence-corrected chi connectivity index (χ4v) is 3.23. The van der Waals surface area contributed by atoms with Gasteiger partial charge in [0.1, 0.15) is 11.6 Å². The van der Waals surface area contributed by atoms with Gasteiger partial charge in [-0.3, -0.25) is 9.36 Å². The Morgan fingerprint density at radius 3 is 2.65 bits per heavy atom. The van der Waals surface area contributed by atoms with Crippen molar-refractivity contribution in [3.63, 3.8) is 0 Å². The third kappa shape index (κ3) is 5.85. The number of rotatable bonds is 5. The van der Waals surface area contributed by atoms with Crippen LogP contribution in [0.3, 0.4) is 0 Å². The second-order valence-electron chi connectivity index (χ2n) is 7.47. The van der Waals surface area contributed by atoms with Gasteiger partial charge in [0.05, 0.1) is 24.9 Å². The van der Waals surface area contributed by atoms with Gasteiger partial charge in [0, 0.05) is 11.1 Å². The summed E-state index contributed by atoms with van der Waals surface area (Å²) in [6.07, 6.45) is 9.26. The maximum Gasteiger partial charge on any atom is 0.296 e. The minimum atomic E-state index is -0.505. The van der Waals surface area contributed by atoms with Crippen LogP contribution in [-0.4, -0.2) is 16.7 Å². The number of benzene rings is 1. The van der Waals surface area contributed by atoms with Gasteiger partial charge in [-0.15, -0.1) is 0 Å². The van der Waals surface area contributed by atoms with Gasteiger partial charge in [-0.05, 0) is 48.5 Å². The summed E-state index contributed by atoms with van der Waals surface area (Å²) >= 11 is 5.89. The molecule has 0 bridgehead atoms. The lowest BCUT2D eigenvalue weighted by Crippen LogP contribution is -2.25. The average Bonchev–Trinajstić information content (AvgIpc) is 3.06. The van der Waals surface area contributed by atoms with Gasteiger partial charge in [-0.25, -0.2) is 9.37 Å². The van der Waals surface area contributed by atoms with Crippen molar-refractivity contribution in [2.24, 2.45) is 5.41 Å². The van der Waals surface area contributed by atoms with Crippen molar-refractivity contribution < 1.29 is 9.13 Å². The van der Waals surface area contributed by atoms with Crippen LogP contribution < -0.4 is 15.6 Å². The van der Waals surface area contributed by atoms with Gasteiger partial charge in [-0.2, -0.15) is 0 Å². The predicted molar refractivity (Wildman–Crippen MR) is 125 cm³/mol. The van der Waals surface area contributed by atoms with Gasteiger partial charge in [0.15, 0.2) is 0 Å². The second-order valence-corrected chi connectivity index (χ2v) is 7.88. The Hall–Kier alpha value is -2.86. The number of nitrogens with one attached hydrogen (secondary N) is 1. The molecular formula is C24H29ClFN3O2. The third-order valence-corrected chi connectivity index (χ3v) is 5.04. The minimum Gasteiger partial charge on any atom is -0.490 e. The van der Waals surface area contributed by atoms with Crippen LogP contribution in [0.25, 0.3) is 6.08 Å². The molecule has 0 atom stereocenters. The first-order chi connectivity index (χ1) is 14.7. The number of hydrogen-bond acceptors (Lipinski definition) is 4. The first-order valence-electron chi connectivity index (χ1n) is 10.1. The number of allylic oxidation sites excluding steroid dienone is 3. The lowest BCUT2D eigenvalue weighted by atomic mass is 9.90. The van der Waals surface area contributed by atoms with E-state index in [1.165, 1.54) is 30.0 Å². The molecule has 1 aliphatic heterocycles. The van der Waals surface area contributed by atoms with Crippen LogP contribution in [-0.2, 0) is 6.54 Å². The summed E-state index contributed by atoms with van der Waals surface area (Å²) in [7, 11) is 1.42. The van der Waals surface area contributed by atoms with E-state index < -0.39 is 5.82 Å². The summed E-state index contributed by atoms with van der Waals surface area (Å²) in [5.41, 5.74) is 2.25. The van der Waals surface area contributed by atoms with Gasteiger partial charge in [0.2, 0.25) is 5.75 Å². The lowest BCUT2D eigenvalue weighted by molar-refractivity contribution is 0.400. The second kappa shape index (κ2) is 10.4. The van der Waals surface area contributed by atoms with E-state index in [2.05, 4.69) is 30.2 Å². The molecule has 5 nitrogen and oxygen atoms in total. The molecule has 0 fully saturated rings. The van der Waals surface area contributed by atoms with Gasteiger partial charge >= 0.3 is 0 Å². The molecule has 1 aliphatic rings. The van der Waals surface area contributed by atoms with Crippen molar-refractivity contribution in [3.8, 4) is 5.75 Å². The highest BCUT2D eigenvalue weighted by atomic mass is 35.5. The maximum atomic E-state index is 13.5. The number of aromatic nitrogens is 2. The van der Waals surface area contributed by atoms with Crippen molar-refractivity contribution in [2.75, 3.05) is 7.11 Å². The molecule has 0 saturated carbocycles. The SMILES string of the molecule is CC.COc1cnc(/C=C(C)\C=C2\NC=CC2(C)C)n(Cc2ccc(F)c(Cl)c2)c1=O. The van der Waals surface area contributed by atoms with E-state index in [4.69, 9.17) is 16.3 Å². The Morgan fingerprint density at radius 2 is 2.06 bits per heavy atom. The molecule has 0 amide bonds. The maximum absolute atomic E-state index is 13.5. The van der Waals surface area contributed by atoms with E-state index in [9.17, 15) is 9.18 Å². The van der Waals surface area contributed by atoms with Crippen molar-refractivity contribution >= 4 is 17.7 Å². The summed E-state index contributed by atoms with van der Waals surface area (Å²) in [5.74, 6) is 0.0953. The molecule has 2 aromatic rings. The van der Waals surface area contributed by atoms with Crippen molar-refractivity contribution in [1.29, 1.82) is 0 Å². The van der Waals surface area contributed by atoms with Gasteiger partial charge in [0.25, 0.3) is 5.56 Å². The standard InChI is InChI=1S/C22H23ClFN3O2.C2H6/c1-14(9-19-22(2,3)7-8-25-19)10-20-26-12-18(29-4)21(28)27(20)13-15-5-6-17(24)16(23)11-15;1-2/h5-12,25H,13H2,1-4H3;1-2H3/b14-10-,19-9+;. The molecule has 31 heavy (non-hydrogen) atoms. The van der Waals surface area contributed by atoms with E-state index in [0.29, 0.717) is 11.4 Å². The average molecular weight is 446 g/mol. The van der Waals surface area contributed by atoms with E-state index in [1.807, 2.05) is 39.1 Å². The summed E-state index contributed by atoms with van der Waals surface area (Å²) in [6, 6.07) is 4.37. The lowest BCUT2D eigenvalue weighted by Gasteiger charge is -2.18. The molecule has 0 radical (unpaired) electrons. The first kappa shape index (κ1) is 24.4. The van der Waals surface area contributed by atoms with E-state index >= 15 is 0 Å². The monoisotopic (exact) mass is 445 g/mol. The molecule has 0 unspecified atom stereocenters. The molecule has 0 saturated heterocycles. The Kier molecular flexibility index (Phi) is 8.22. The topological polar surface area (TPSA) is 56.1 Å². The molecule has 0 aliphatic carbocycles. The van der Waals surface area contributed by atoms with Crippen LogP contribution >= 0.6 is 11.6 Å². The van der Waals surface area contributed by atoms with E-state index in [-0.39, 0.29) is 28.3 Å². The zero-order valence-electron chi connectivity index (χ0n) is 18.8.